The number of hydrogen-bond donors (Lipinski definition) is 2. The molecule has 1 amide bonds. The van der Waals surface area contributed by atoms with E-state index in [1.807, 2.05) is 38.1 Å². The lowest BCUT2D eigenvalue weighted by Gasteiger charge is -2.39. The monoisotopic (exact) mass is 310 g/mol. The Kier molecular flexibility index (Phi) is 3.52. The maximum atomic E-state index is 12.2. The number of hydrogen-bond acceptors (Lipinski definition) is 2. The molecule has 3 N–H and O–H groups in total. The molecule has 0 bridgehead atoms. The van der Waals surface area contributed by atoms with Crippen LogP contribution in [0.1, 0.15) is 38.7 Å². The van der Waals surface area contributed by atoms with Gasteiger partial charge in [0.05, 0.1) is 11.1 Å². The highest BCUT2D eigenvalue weighted by Gasteiger charge is 2.42. The minimum atomic E-state index is -0.646. The fraction of sp³-hybridized carbons (Fsp3) is 0.500. The lowest BCUT2D eigenvalue weighted by Crippen LogP contribution is -2.61. The Morgan fingerprint density at radius 2 is 1.89 bits per heavy atom. The summed E-state index contributed by atoms with van der Waals surface area (Å²) in [5.41, 5.74) is 6.06. The van der Waals surface area contributed by atoms with Crippen molar-refractivity contribution in [3.8, 4) is 0 Å². The standard InChI is InChI=1S/C14H19BrN2O/c1-13(2,10-4-6-11(15)7-5-10)17-12(18)14(16)8-3-9-14/h4-7H,3,8-9,16H2,1-2H3,(H,17,18). The molecule has 4 heteroatoms. The minimum absolute atomic E-state index is 0.0401. The molecule has 1 fully saturated rings. The van der Waals surface area contributed by atoms with E-state index in [1.165, 1.54) is 0 Å². The van der Waals surface area contributed by atoms with Crippen LogP contribution in [0.5, 0.6) is 0 Å². The maximum Gasteiger partial charge on any atom is 0.240 e. The van der Waals surface area contributed by atoms with Gasteiger partial charge in [0.2, 0.25) is 5.91 Å². The average molecular weight is 311 g/mol. The Bertz CT molecular complexity index is 449. The molecule has 1 aliphatic carbocycles. The van der Waals surface area contributed by atoms with Crippen LogP contribution in [0.15, 0.2) is 28.7 Å². The summed E-state index contributed by atoms with van der Waals surface area (Å²) >= 11 is 3.41. The SMILES string of the molecule is CC(C)(NC(=O)C1(N)CCC1)c1ccc(Br)cc1. The largest absolute Gasteiger partial charge is 0.346 e. The predicted molar refractivity (Wildman–Crippen MR) is 76.1 cm³/mol. The summed E-state index contributed by atoms with van der Waals surface area (Å²) in [5, 5.41) is 3.06. The van der Waals surface area contributed by atoms with E-state index >= 15 is 0 Å². The van der Waals surface area contributed by atoms with Crippen molar-refractivity contribution < 1.29 is 4.79 Å². The number of rotatable bonds is 3. The van der Waals surface area contributed by atoms with E-state index in [4.69, 9.17) is 5.73 Å². The molecule has 1 aliphatic rings. The molecule has 0 spiro atoms. The number of carbonyl (C=O) groups is 1. The second-order valence-corrected chi connectivity index (χ2v) is 6.51. The molecule has 1 aromatic rings. The molecule has 0 radical (unpaired) electrons. The van der Waals surface area contributed by atoms with Crippen LogP contribution in [0.25, 0.3) is 0 Å². The van der Waals surface area contributed by atoms with Gasteiger partial charge in [0.25, 0.3) is 0 Å². The van der Waals surface area contributed by atoms with Crippen molar-refractivity contribution in [3.63, 3.8) is 0 Å². The van der Waals surface area contributed by atoms with E-state index in [9.17, 15) is 4.79 Å². The van der Waals surface area contributed by atoms with Gasteiger partial charge in [-0.3, -0.25) is 4.79 Å². The molecule has 0 unspecified atom stereocenters. The molecule has 2 rings (SSSR count). The van der Waals surface area contributed by atoms with Gasteiger partial charge >= 0.3 is 0 Å². The molecule has 0 saturated heterocycles. The Labute approximate surface area is 116 Å². The number of carbonyl (C=O) groups excluding carboxylic acids is 1. The zero-order valence-corrected chi connectivity index (χ0v) is 12.4. The summed E-state index contributed by atoms with van der Waals surface area (Å²) in [6.45, 7) is 3.99. The highest BCUT2D eigenvalue weighted by molar-refractivity contribution is 9.10. The van der Waals surface area contributed by atoms with Crippen LogP contribution in [-0.4, -0.2) is 11.4 Å². The van der Waals surface area contributed by atoms with Crippen molar-refractivity contribution in [2.45, 2.75) is 44.2 Å². The van der Waals surface area contributed by atoms with Gasteiger partial charge in [0.15, 0.2) is 0 Å². The van der Waals surface area contributed by atoms with Gasteiger partial charge in [-0.05, 0) is 50.8 Å². The van der Waals surface area contributed by atoms with Crippen LogP contribution in [0.3, 0.4) is 0 Å². The Balaban J connectivity index is 2.11. The van der Waals surface area contributed by atoms with Crippen LogP contribution >= 0.6 is 15.9 Å². The molecule has 3 nitrogen and oxygen atoms in total. The third-order valence-electron chi connectivity index (χ3n) is 3.69. The second kappa shape index (κ2) is 4.67. The van der Waals surface area contributed by atoms with Crippen molar-refractivity contribution in [1.82, 2.24) is 5.32 Å². The normalized spacial score (nSPS) is 18.0. The first-order valence-corrected chi connectivity index (χ1v) is 7.00. The highest BCUT2D eigenvalue weighted by atomic mass is 79.9. The summed E-state index contributed by atoms with van der Waals surface area (Å²) in [6.07, 6.45) is 2.62. The Morgan fingerprint density at radius 3 is 2.33 bits per heavy atom. The molecule has 0 atom stereocenters. The first kappa shape index (κ1) is 13.6. The van der Waals surface area contributed by atoms with Gasteiger partial charge in [0, 0.05) is 4.47 Å². The van der Waals surface area contributed by atoms with E-state index in [0.717, 1.165) is 29.3 Å². The van der Waals surface area contributed by atoms with Crippen LogP contribution in [0, 0.1) is 0 Å². The summed E-state index contributed by atoms with van der Waals surface area (Å²) in [5.74, 6) is -0.0401. The second-order valence-electron chi connectivity index (χ2n) is 5.60. The van der Waals surface area contributed by atoms with Gasteiger partial charge in [-0.15, -0.1) is 0 Å². The highest BCUT2D eigenvalue weighted by Crippen LogP contribution is 2.31. The first-order chi connectivity index (χ1) is 8.33. The minimum Gasteiger partial charge on any atom is -0.346 e. The smallest absolute Gasteiger partial charge is 0.240 e. The van der Waals surface area contributed by atoms with Crippen molar-refractivity contribution >= 4 is 21.8 Å². The zero-order valence-electron chi connectivity index (χ0n) is 10.8. The number of benzene rings is 1. The predicted octanol–water partition coefficient (Wildman–Crippen LogP) is 2.68. The fourth-order valence-electron chi connectivity index (χ4n) is 2.13. The van der Waals surface area contributed by atoms with Crippen molar-refractivity contribution in [1.29, 1.82) is 0 Å². The summed E-state index contributed by atoms with van der Waals surface area (Å²) in [4.78, 5) is 12.2. The summed E-state index contributed by atoms with van der Waals surface area (Å²) < 4.78 is 1.03. The summed E-state index contributed by atoms with van der Waals surface area (Å²) in [6, 6.07) is 7.97. The Morgan fingerprint density at radius 1 is 1.33 bits per heavy atom. The number of nitrogens with one attached hydrogen (secondary N) is 1. The molecule has 0 aromatic heterocycles. The molecule has 0 heterocycles. The van der Waals surface area contributed by atoms with Crippen LogP contribution in [0.2, 0.25) is 0 Å². The molecule has 1 aromatic carbocycles. The van der Waals surface area contributed by atoms with E-state index in [0.29, 0.717) is 0 Å². The maximum absolute atomic E-state index is 12.2. The molecule has 1 saturated carbocycles. The fourth-order valence-corrected chi connectivity index (χ4v) is 2.40. The van der Waals surface area contributed by atoms with Crippen LogP contribution < -0.4 is 11.1 Å². The molecular formula is C14H19BrN2O. The lowest BCUT2D eigenvalue weighted by molar-refractivity contribution is -0.131. The van der Waals surface area contributed by atoms with Gasteiger partial charge < -0.3 is 11.1 Å². The Hall–Kier alpha value is -0.870. The number of nitrogens with two attached hydrogens (primary N) is 1. The van der Waals surface area contributed by atoms with E-state index in [-0.39, 0.29) is 5.91 Å². The molecule has 98 valence electrons. The van der Waals surface area contributed by atoms with E-state index in [2.05, 4.69) is 21.2 Å². The van der Waals surface area contributed by atoms with Crippen molar-refractivity contribution in [2.24, 2.45) is 5.73 Å². The average Bonchev–Trinajstić information content (AvgIpc) is 2.25. The lowest BCUT2D eigenvalue weighted by atomic mass is 9.76. The quantitative estimate of drug-likeness (QED) is 0.902. The van der Waals surface area contributed by atoms with Gasteiger partial charge in [-0.2, -0.15) is 0 Å². The van der Waals surface area contributed by atoms with Crippen LogP contribution in [0.4, 0.5) is 0 Å². The number of amides is 1. The third kappa shape index (κ3) is 2.59. The topological polar surface area (TPSA) is 55.1 Å². The molecule has 18 heavy (non-hydrogen) atoms. The van der Waals surface area contributed by atoms with Crippen LogP contribution in [-0.2, 0) is 10.3 Å². The number of halogens is 1. The molecule has 0 aliphatic heterocycles. The van der Waals surface area contributed by atoms with E-state index < -0.39 is 11.1 Å². The third-order valence-corrected chi connectivity index (χ3v) is 4.22. The van der Waals surface area contributed by atoms with Crippen molar-refractivity contribution in [3.05, 3.63) is 34.3 Å². The zero-order chi connectivity index (χ0) is 13.4. The first-order valence-electron chi connectivity index (χ1n) is 6.21. The van der Waals surface area contributed by atoms with Crippen molar-refractivity contribution in [2.75, 3.05) is 0 Å². The van der Waals surface area contributed by atoms with Gasteiger partial charge in [-0.1, -0.05) is 28.1 Å². The summed E-state index contributed by atoms with van der Waals surface area (Å²) in [7, 11) is 0. The molecular weight excluding hydrogens is 292 g/mol. The van der Waals surface area contributed by atoms with E-state index in [1.54, 1.807) is 0 Å². The van der Waals surface area contributed by atoms with Gasteiger partial charge in [0.1, 0.15) is 0 Å². The van der Waals surface area contributed by atoms with Gasteiger partial charge in [-0.25, -0.2) is 0 Å².